The number of fused-ring (bicyclic) bond motifs is 1. The zero-order valence-electron chi connectivity index (χ0n) is 15.2. The smallest absolute Gasteiger partial charge is 0.247 e. The lowest BCUT2D eigenvalue weighted by Gasteiger charge is -2.36. The number of hydrogen-bond donors (Lipinski definition) is 0. The van der Waals surface area contributed by atoms with Crippen LogP contribution in [0.15, 0.2) is 36.9 Å². The average Bonchev–Trinajstić information content (AvgIpc) is 3.31. The van der Waals surface area contributed by atoms with Gasteiger partial charge in [0.05, 0.1) is 23.5 Å². The van der Waals surface area contributed by atoms with Crippen molar-refractivity contribution in [3.05, 3.63) is 36.9 Å². The summed E-state index contributed by atoms with van der Waals surface area (Å²) in [7, 11) is 1.88. The maximum absolute atomic E-state index is 13.3. The van der Waals surface area contributed by atoms with Crippen molar-refractivity contribution in [2.45, 2.75) is 25.7 Å². The van der Waals surface area contributed by atoms with Crippen LogP contribution < -0.4 is 4.90 Å². The molecular weight excluding hydrogens is 340 g/mol. The maximum Gasteiger partial charge on any atom is 0.247 e. The van der Waals surface area contributed by atoms with Crippen LogP contribution in [0.1, 0.15) is 25.7 Å². The van der Waals surface area contributed by atoms with Crippen LogP contribution in [0.2, 0.25) is 0 Å². The van der Waals surface area contributed by atoms with Crippen molar-refractivity contribution >= 4 is 17.1 Å². The van der Waals surface area contributed by atoms with Crippen molar-refractivity contribution in [2.24, 2.45) is 18.4 Å². The zero-order chi connectivity index (χ0) is 18.6. The Morgan fingerprint density at radius 1 is 1.26 bits per heavy atom. The summed E-state index contributed by atoms with van der Waals surface area (Å²) < 4.78 is 3.55. The number of anilines is 1. The van der Waals surface area contributed by atoms with Gasteiger partial charge in [-0.05, 0) is 37.3 Å². The third-order valence-corrected chi connectivity index (χ3v) is 6.17. The van der Waals surface area contributed by atoms with Crippen LogP contribution in [0.5, 0.6) is 0 Å². The van der Waals surface area contributed by atoms with Crippen molar-refractivity contribution in [1.82, 2.24) is 19.4 Å². The minimum absolute atomic E-state index is 0.0491. The fourth-order valence-corrected chi connectivity index (χ4v) is 4.40. The molecule has 0 unspecified atom stereocenters. The highest BCUT2D eigenvalue weighted by Crippen LogP contribution is 2.49. The molecule has 0 bridgehead atoms. The lowest BCUT2D eigenvalue weighted by Crippen LogP contribution is -2.42. The number of nitrogens with zero attached hydrogens (tertiary/aromatic N) is 6. The van der Waals surface area contributed by atoms with Gasteiger partial charge in [-0.1, -0.05) is 6.42 Å². The van der Waals surface area contributed by atoms with Gasteiger partial charge in [0.15, 0.2) is 0 Å². The molecule has 1 amide bonds. The molecular formula is C20H20N6O. The Morgan fingerprint density at radius 2 is 2.11 bits per heavy atom. The van der Waals surface area contributed by atoms with Gasteiger partial charge in [0.1, 0.15) is 5.41 Å². The number of nitriles is 1. The minimum atomic E-state index is -0.850. The van der Waals surface area contributed by atoms with E-state index in [-0.39, 0.29) is 11.8 Å². The Balaban J connectivity index is 1.56. The van der Waals surface area contributed by atoms with E-state index in [0.29, 0.717) is 13.0 Å². The molecule has 0 aromatic carbocycles. The molecule has 1 atom stereocenters. The van der Waals surface area contributed by atoms with E-state index < -0.39 is 5.41 Å². The molecule has 1 aliphatic carbocycles. The number of carbonyl (C=O) groups is 1. The molecule has 2 fully saturated rings. The highest BCUT2D eigenvalue weighted by molar-refractivity contribution is 6.05. The second kappa shape index (κ2) is 5.68. The number of rotatable bonds is 3. The quantitative estimate of drug-likeness (QED) is 0.719. The van der Waals surface area contributed by atoms with E-state index in [2.05, 4.69) is 16.3 Å². The van der Waals surface area contributed by atoms with Crippen LogP contribution in [0.4, 0.5) is 5.69 Å². The van der Waals surface area contributed by atoms with E-state index in [9.17, 15) is 10.1 Å². The molecule has 1 saturated carbocycles. The largest absolute Gasteiger partial charge is 0.309 e. The van der Waals surface area contributed by atoms with Gasteiger partial charge in [-0.3, -0.25) is 9.48 Å². The molecule has 0 N–H and O–H groups in total. The van der Waals surface area contributed by atoms with Crippen molar-refractivity contribution in [3.8, 4) is 17.2 Å². The predicted molar refractivity (Wildman–Crippen MR) is 99.8 cm³/mol. The number of amides is 1. The second-order valence-electron chi connectivity index (χ2n) is 7.60. The monoisotopic (exact) mass is 360 g/mol. The van der Waals surface area contributed by atoms with E-state index >= 15 is 0 Å². The van der Waals surface area contributed by atoms with E-state index in [1.807, 2.05) is 37.8 Å². The second-order valence-corrected chi connectivity index (χ2v) is 7.60. The van der Waals surface area contributed by atoms with Gasteiger partial charge in [0.2, 0.25) is 5.91 Å². The number of aryl methyl sites for hydroxylation is 1. The lowest BCUT2D eigenvalue weighted by atomic mass is 9.65. The Hall–Kier alpha value is -3.14. The predicted octanol–water partition coefficient (Wildman–Crippen LogP) is 2.78. The molecule has 1 saturated heterocycles. The first-order chi connectivity index (χ1) is 13.1. The van der Waals surface area contributed by atoms with Gasteiger partial charge in [-0.2, -0.15) is 15.5 Å². The van der Waals surface area contributed by atoms with Crippen LogP contribution in [0, 0.1) is 22.7 Å². The van der Waals surface area contributed by atoms with Crippen molar-refractivity contribution < 1.29 is 4.79 Å². The number of hydrogen-bond acceptors (Lipinski definition) is 4. The molecule has 27 heavy (non-hydrogen) atoms. The third kappa shape index (κ3) is 2.23. The number of carbonyl (C=O) groups excluding carboxylic acids is 1. The number of aromatic nitrogens is 4. The third-order valence-electron chi connectivity index (χ3n) is 6.17. The molecule has 2 aliphatic rings. The zero-order valence-corrected chi connectivity index (χ0v) is 15.2. The van der Waals surface area contributed by atoms with Crippen LogP contribution in [-0.2, 0) is 11.8 Å². The fourth-order valence-electron chi connectivity index (χ4n) is 4.40. The van der Waals surface area contributed by atoms with E-state index in [1.54, 1.807) is 20.3 Å². The summed E-state index contributed by atoms with van der Waals surface area (Å²) in [6, 6.07) is 6.29. The van der Waals surface area contributed by atoms with Crippen LogP contribution in [0.3, 0.4) is 0 Å². The molecule has 7 heteroatoms. The summed E-state index contributed by atoms with van der Waals surface area (Å²) in [5.74, 6) is 0.155. The van der Waals surface area contributed by atoms with Gasteiger partial charge in [0, 0.05) is 43.3 Å². The van der Waals surface area contributed by atoms with Gasteiger partial charge >= 0.3 is 0 Å². The molecule has 0 radical (unpaired) electrons. The summed E-state index contributed by atoms with van der Waals surface area (Å²) in [5.41, 5.74) is 2.84. The van der Waals surface area contributed by atoms with Crippen molar-refractivity contribution in [1.29, 1.82) is 5.26 Å². The topological polar surface area (TPSA) is 79.2 Å². The van der Waals surface area contributed by atoms with Crippen LogP contribution in [-0.4, -0.2) is 31.8 Å². The van der Waals surface area contributed by atoms with Crippen LogP contribution in [0.25, 0.3) is 16.6 Å². The van der Waals surface area contributed by atoms with Crippen molar-refractivity contribution in [2.75, 3.05) is 11.4 Å². The standard InChI is InChI=1S/C20H20N6O/c1-24-11-15(10-23-24)14-9-18-17(5-7-22-26(18)12-14)25-8-6-20(13-21,19(25)27)16-3-2-4-16/h5,7,9-12,16H,2-4,6,8H2,1H3/t20-/m0/s1. The molecule has 3 aromatic heterocycles. The molecule has 1 aliphatic heterocycles. The fraction of sp³-hybridized carbons (Fsp3) is 0.400. The lowest BCUT2D eigenvalue weighted by molar-refractivity contribution is -0.126. The highest BCUT2D eigenvalue weighted by Gasteiger charge is 2.54. The van der Waals surface area contributed by atoms with Crippen molar-refractivity contribution in [3.63, 3.8) is 0 Å². The first kappa shape index (κ1) is 16.1. The minimum Gasteiger partial charge on any atom is -0.309 e. The molecule has 5 rings (SSSR count). The normalized spacial score (nSPS) is 23.0. The summed E-state index contributed by atoms with van der Waals surface area (Å²) in [6.07, 6.45) is 11.1. The van der Waals surface area contributed by atoms with Gasteiger partial charge in [-0.25, -0.2) is 4.52 Å². The van der Waals surface area contributed by atoms with E-state index in [4.69, 9.17) is 0 Å². The molecule has 7 nitrogen and oxygen atoms in total. The van der Waals surface area contributed by atoms with E-state index in [1.165, 1.54) is 0 Å². The van der Waals surface area contributed by atoms with Crippen LogP contribution >= 0.6 is 0 Å². The summed E-state index contributed by atoms with van der Waals surface area (Å²) in [4.78, 5) is 15.1. The Kier molecular flexibility index (Phi) is 3.38. The Labute approximate surface area is 156 Å². The molecule has 136 valence electrons. The first-order valence-corrected chi connectivity index (χ1v) is 9.32. The van der Waals surface area contributed by atoms with Gasteiger partial charge in [0.25, 0.3) is 0 Å². The van der Waals surface area contributed by atoms with Gasteiger partial charge < -0.3 is 4.90 Å². The maximum atomic E-state index is 13.3. The molecule has 3 aromatic rings. The Morgan fingerprint density at radius 3 is 2.78 bits per heavy atom. The summed E-state index contributed by atoms with van der Waals surface area (Å²) in [5, 5.41) is 18.5. The summed E-state index contributed by atoms with van der Waals surface area (Å²) >= 11 is 0. The summed E-state index contributed by atoms with van der Waals surface area (Å²) in [6.45, 7) is 0.579. The Bertz CT molecular complexity index is 1090. The first-order valence-electron chi connectivity index (χ1n) is 9.32. The SMILES string of the molecule is Cn1cc(-c2cc3c(N4CC[C@](C#N)(C5CCC5)C4=O)ccnn3c2)cn1. The average molecular weight is 360 g/mol. The molecule has 4 heterocycles. The van der Waals surface area contributed by atoms with Gasteiger partial charge in [-0.15, -0.1) is 0 Å². The molecule has 0 spiro atoms. The van der Waals surface area contributed by atoms with E-state index in [0.717, 1.165) is 41.6 Å². The highest BCUT2D eigenvalue weighted by atomic mass is 16.2.